The van der Waals surface area contributed by atoms with Crippen LogP contribution in [0.1, 0.15) is 0 Å². The molecule has 6 nitrogen and oxygen atoms in total. The highest BCUT2D eigenvalue weighted by Gasteiger charge is 2.08. The van der Waals surface area contributed by atoms with E-state index in [1.807, 2.05) is 18.2 Å². The molecule has 1 N–H and O–H groups in total. The van der Waals surface area contributed by atoms with E-state index in [1.165, 1.54) is 24.8 Å². The number of rotatable bonds is 3. The second kappa shape index (κ2) is 7.00. The van der Waals surface area contributed by atoms with Gasteiger partial charge in [-0.25, -0.2) is 24.0 Å². The summed E-state index contributed by atoms with van der Waals surface area (Å²) >= 11 is 5.82. The van der Waals surface area contributed by atoms with Crippen LogP contribution in [0.25, 0.3) is 16.6 Å². The molecule has 0 saturated heterocycles. The largest absolute Gasteiger partial charge is 0.340 e. The van der Waals surface area contributed by atoms with Gasteiger partial charge >= 0.3 is 0 Å². The smallest absolute Gasteiger partial charge is 0.141 e. The molecule has 2 aromatic heterocycles. The Kier molecular flexibility index (Phi) is 4.78. The maximum Gasteiger partial charge on any atom is 0.141 e. The Balaban J connectivity index is 0.00000182. The van der Waals surface area contributed by atoms with Crippen LogP contribution in [0.5, 0.6) is 0 Å². The third-order valence-electron chi connectivity index (χ3n) is 3.48. The molecule has 0 spiro atoms. The number of anilines is 2. The van der Waals surface area contributed by atoms with Crippen molar-refractivity contribution in [2.45, 2.75) is 0 Å². The molecule has 4 rings (SSSR count). The number of halogens is 3. The molecule has 9 heteroatoms. The van der Waals surface area contributed by atoms with Crippen molar-refractivity contribution in [2.75, 3.05) is 5.32 Å². The Morgan fingerprint density at radius 1 is 1.04 bits per heavy atom. The summed E-state index contributed by atoms with van der Waals surface area (Å²) in [7, 11) is 0. The van der Waals surface area contributed by atoms with Crippen LogP contribution < -0.4 is 5.32 Å². The lowest BCUT2D eigenvalue weighted by Crippen LogP contribution is -1.99. The summed E-state index contributed by atoms with van der Waals surface area (Å²) < 4.78 is 14.9. The van der Waals surface area contributed by atoms with Crippen LogP contribution in [0.2, 0.25) is 5.02 Å². The molecule has 0 aliphatic heterocycles. The number of hydrogen-bond acceptors (Lipinski definition) is 5. The normalized spacial score (nSPS) is 10.5. The van der Waals surface area contributed by atoms with E-state index in [0.717, 1.165) is 16.6 Å². The maximum absolute atomic E-state index is 13.3. The molecule has 0 aliphatic rings. The lowest BCUT2D eigenvalue weighted by atomic mass is 10.2. The molecule has 0 radical (unpaired) electrons. The van der Waals surface area contributed by atoms with E-state index in [9.17, 15) is 4.39 Å². The quantitative estimate of drug-likeness (QED) is 0.581. The summed E-state index contributed by atoms with van der Waals surface area (Å²) in [5.74, 6) is 0.118. The molecular formula is C16H11Cl2FN6. The maximum atomic E-state index is 13.3. The van der Waals surface area contributed by atoms with E-state index < -0.39 is 5.82 Å². The van der Waals surface area contributed by atoms with Crippen molar-refractivity contribution in [3.05, 3.63) is 66.2 Å². The van der Waals surface area contributed by atoms with Crippen LogP contribution in [0.4, 0.5) is 15.9 Å². The van der Waals surface area contributed by atoms with Crippen LogP contribution in [-0.2, 0) is 0 Å². The molecule has 0 unspecified atom stereocenters. The minimum atomic E-state index is -0.469. The van der Waals surface area contributed by atoms with Crippen LogP contribution in [-0.4, -0.2) is 24.7 Å². The van der Waals surface area contributed by atoms with Gasteiger partial charge in [0.25, 0.3) is 0 Å². The Morgan fingerprint density at radius 2 is 1.92 bits per heavy atom. The highest BCUT2D eigenvalue weighted by atomic mass is 35.5. The highest BCUT2D eigenvalue weighted by Crippen LogP contribution is 2.27. The fourth-order valence-corrected chi connectivity index (χ4v) is 2.52. The van der Waals surface area contributed by atoms with Crippen molar-refractivity contribution in [1.82, 2.24) is 24.7 Å². The predicted octanol–water partition coefficient (Wildman–Crippen LogP) is 4.17. The molecule has 4 aromatic rings. The van der Waals surface area contributed by atoms with Crippen molar-refractivity contribution in [3.8, 4) is 5.69 Å². The fraction of sp³-hybridized carbons (Fsp3) is 0. The second-order valence-electron chi connectivity index (χ2n) is 5.02. The summed E-state index contributed by atoms with van der Waals surface area (Å²) in [4.78, 5) is 12.5. The van der Waals surface area contributed by atoms with E-state index >= 15 is 0 Å². The first-order chi connectivity index (χ1) is 11.7. The van der Waals surface area contributed by atoms with Gasteiger partial charge in [0.05, 0.1) is 16.2 Å². The van der Waals surface area contributed by atoms with Crippen LogP contribution >= 0.6 is 24.0 Å². The molecule has 0 amide bonds. The van der Waals surface area contributed by atoms with E-state index in [1.54, 1.807) is 17.1 Å². The van der Waals surface area contributed by atoms with Gasteiger partial charge in [-0.2, -0.15) is 5.10 Å². The Morgan fingerprint density at radius 3 is 2.68 bits per heavy atom. The molecule has 0 fully saturated rings. The average molecular weight is 377 g/mol. The third kappa shape index (κ3) is 3.38. The predicted molar refractivity (Wildman–Crippen MR) is 96.4 cm³/mol. The summed E-state index contributed by atoms with van der Waals surface area (Å²) in [6, 6.07) is 10.1. The standard InChI is InChI=1S/C16H10ClFN6.ClH/c17-13-5-10(1-3-14(13)18)23-16-12-6-11(24-9-19-7-22-24)2-4-15(12)20-8-21-16;/h1-9H,(H,20,21,23);1H. The van der Waals surface area contributed by atoms with Crippen molar-refractivity contribution >= 4 is 46.4 Å². The average Bonchev–Trinajstić information content (AvgIpc) is 3.13. The zero-order valence-electron chi connectivity index (χ0n) is 12.6. The molecule has 25 heavy (non-hydrogen) atoms. The Labute approximate surface area is 153 Å². The number of nitrogens with zero attached hydrogens (tertiary/aromatic N) is 5. The molecule has 2 aromatic carbocycles. The van der Waals surface area contributed by atoms with Gasteiger partial charge in [0, 0.05) is 11.1 Å². The topological polar surface area (TPSA) is 68.5 Å². The molecule has 0 atom stereocenters. The van der Waals surface area contributed by atoms with Gasteiger partial charge in [-0.1, -0.05) is 11.6 Å². The number of fused-ring (bicyclic) bond motifs is 1. The molecular weight excluding hydrogens is 366 g/mol. The van der Waals surface area contributed by atoms with Crippen molar-refractivity contribution < 1.29 is 4.39 Å². The SMILES string of the molecule is Cl.Fc1ccc(Nc2ncnc3ccc(-n4cncn4)cc23)cc1Cl. The van der Waals surface area contributed by atoms with Gasteiger partial charge in [0.1, 0.15) is 30.6 Å². The number of hydrogen-bond donors (Lipinski definition) is 1. The Hall–Kier alpha value is -2.77. The summed E-state index contributed by atoms with van der Waals surface area (Å²) in [6.07, 6.45) is 4.54. The number of benzene rings is 2. The number of aromatic nitrogens is 5. The first kappa shape index (κ1) is 17.1. The number of nitrogens with one attached hydrogen (secondary N) is 1. The van der Waals surface area contributed by atoms with E-state index in [-0.39, 0.29) is 17.4 Å². The van der Waals surface area contributed by atoms with E-state index in [0.29, 0.717) is 11.5 Å². The van der Waals surface area contributed by atoms with Gasteiger partial charge in [0.15, 0.2) is 0 Å². The van der Waals surface area contributed by atoms with Crippen LogP contribution in [0.15, 0.2) is 55.4 Å². The minimum absolute atomic E-state index is 0. The molecule has 0 aliphatic carbocycles. The lowest BCUT2D eigenvalue weighted by molar-refractivity contribution is 0.628. The first-order valence-electron chi connectivity index (χ1n) is 7.02. The van der Waals surface area contributed by atoms with Gasteiger partial charge in [0.2, 0.25) is 0 Å². The second-order valence-corrected chi connectivity index (χ2v) is 5.42. The fourth-order valence-electron chi connectivity index (χ4n) is 2.34. The van der Waals surface area contributed by atoms with Crippen LogP contribution in [0, 0.1) is 5.82 Å². The van der Waals surface area contributed by atoms with Gasteiger partial charge < -0.3 is 5.32 Å². The zero-order chi connectivity index (χ0) is 16.5. The summed E-state index contributed by atoms with van der Waals surface area (Å²) in [5.41, 5.74) is 2.23. The third-order valence-corrected chi connectivity index (χ3v) is 3.77. The van der Waals surface area contributed by atoms with Crippen molar-refractivity contribution in [2.24, 2.45) is 0 Å². The van der Waals surface area contributed by atoms with Crippen molar-refractivity contribution in [3.63, 3.8) is 0 Å². The van der Waals surface area contributed by atoms with Crippen molar-refractivity contribution in [1.29, 1.82) is 0 Å². The molecule has 0 bridgehead atoms. The minimum Gasteiger partial charge on any atom is -0.340 e. The zero-order valence-corrected chi connectivity index (χ0v) is 14.2. The summed E-state index contributed by atoms with van der Waals surface area (Å²) in [5, 5.41) is 8.09. The molecule has 0 saturated carbocycles. The lowest BCUT2D eigenvalue weighted by Gasteiger charge is -2.10. The highest BCUT2D eigenvalue weighted by molar-refractivity contribution is 6.31. The van der Waals surface area contributed by atoms with Gasteiger partial charge in [-0.15, -0.1) is 12.4 Å². The van der Waals surface area contributed by atoms with Gasteiger partial charge in [-0.05, 0) is 36.4 Å². The monoisotopic (exact) mass is 376 g/mol. The molecule has 2 heterocycles. The van der Waals surface area contributed by atoms with Crippen LogP contribution in [0.3, 0.4) is 0 Å². The Bertz CT molecular complexity index is 1020. The first-order valence-corrected chi connectivity index (χ1v) is 7.40. The molecule has 126 valence electrons. The van der Waals surface area contributed by atoms with E-state index in [4.69, 9.17) is 11.6 Å². The summed E-state index contributed by atoms with van der Waals surface area (Å²) in [6.45, 7) is 0. The van der Waals surface area contributed by atoms with Gasteiger partial charge in [-0.3, -0.25) is 0 Å². The van der Waals surface area contributed by atoms with E-state index in [2.05, 4.69) is 25.4 Å².